The number of nitrogens with zero attached hydrogens (tertiary/aromatic N) is 1. The number of halogens is 1. The summed E-state index contributed by atoms with van der Waals surface area (Å²) in [5.74, 6) is -0.195. The van der Waals surface area contributed by atoms with Crippen molar-refractivity contribution in [3.05, 3.63) is 41.0 Å². The van der Waals surface area contributed by atoms with Gasteiger partial charge in [0.25, 0.3) is 5.91 Å². The Hall–Kier alpha value is -1.69. The van der Waals surface area contributed by atoms with Crippen LogP contribution < -0.4 is 10.6 Å². The molecule has 0 saturated carbocycles. The first-order valence-electron chi connectivity index (χ1n) is 6.87. The predicted octanol–water partition coefficient (Wildman–Crippen LogP) is 1.20. The smallest absolute Gasteiger partial charge is 0.269 e. The van der Waals surface area contributed by atoms with Gasteiger partial charge >= 0.3 is 0 Å². The average molecular weight is 306 g/mol. The molecule has 110 valence electrons. The van der Waals surface area contributed by atoms with Gasteiger partial charge in [-0.15, -0.1) is 0 Å². The highest BCUT2D eigenvalue weighted by Crippen LogP contribution is 2.18. The first kappa shape index (κ1) is 14.3. The number of rotatable bonds is 3. The summed E-state index contributed by atoms with van der Waals surface area (Å²) in [6, 6.07) is 8.93. The molecule has 3 rings (SSSR count). The molecule has 2 unspecified atom stereocenters. The van der Waals surface area contributed by atoms with Crippen LogP contribution in [-0.2, 0) is 0 Å². The number of aliphatic hydroxyl groups is 1. The maximum absolute atomic E-state index is 12.1. The number of hydrogen-bond donors (Lipinski definition) is 3. The van der Waals surface area contributed by atoms with E-state index in [0.29, 0.717) is 35.9 Å². The van der Waals surface area contributed by atoms with Crippen LogP contribution in [0.4, 0.5) is 0 Å². The Morgan fingerprint density at radius 1 is 1.38 bits per heavy atom. The molecule has 21 heavy (non-hydrogen) atoms. The van der Waals surface area contributed by atoms with Gasteiger partial charge in [0.15, 0.2) is 0 Å². The van der Waals surface area contributed by atoms with Gasteiger partial charge in [-0.1, -0.05) is 23.7 Å². The fourth-order valence-corrected chi connectivity index (χ4v) is 2.63. The van der Waals surface area contributed by atoms with Crippen molar-refractivity contribution >= 4 is 28.4 Å². The minimum absolute atomic E-state index is 0.0452. The van der Waals surface area contributed by atoms with Crippen molar-refractivity contribution in [2.24, 2.45) is 5.92 Å². The van der Waals surface area contributed by atoms with E-state index < -0.39 is 6.10 Å². The molecule has 1 aliphatic rings. The molecular formula is C15H16ClN3O2. The number of aromatic nitrogens is 1. The normalized spacial score (nSPS) is 21.6. The number of pyridine rings is 1. The fraction of sp³-hybridized carbons (Fsp3) is 0.333. The summed E-state index contributed by atoms with van der Waals surface area (Å²) >= 11 is 5.94. The Morgan fingerprint density at radius 3 is 2.95 bits per heavy atom. The molecule has 5 nitrogen and oxygen atoms in total. The Morgan fingerprint density at radius 2 is 2.19 bits per heavy atom. The molecule has 2 heterocycles. The number of carbonyl (C=O) groups excluding carboxylic acids is 1. The lowest BCUT2D eigenvalue weighted by molar-refractivity contribution is 0.0922. The minimum atomic E-state index is -0.409. The van der Waals surface area contributed by atoms with Gasteiger partial charge in [-0.25, -0.2) is 4.98 Å². The number of β-amino-alcohol motifs (C(OH)–C–C–N with tert-alkyl or cyclic N) is 1. The van der Waals surface area contributed by atoms with Crippen molar-refractivity contribution in [3.63, 3.8) is 0 Å². The van der Waals surface area contributed by atoms with E-state index in [9.17, 15) is 9.90 Å². The topological polar surface area (TPSA) is 74.2 Å². The maximum atomic E-state index is 12.1. The number of aliphatic hydroxyl groups excluding tert-OH is 1. The largest absolute Gasteiger partial charge is 0.391 e. The van der Waals surface area contributed by atoms with E-state index in [1.807, 2.05) is 12.1 Å². The zero-order valence-corrected chi connectivity index (χ0v) is 12.1. The summed E-state index contributed by atoms with van der Waals surface area (Å²) in [5, 5.41) is 17.1. The highest BCUT2D eigenvalue weighted by Gasteiger charge is 2.25. The van der Waals surface area contributed by atoms with Crippen LogP contribution in [0.3, 0.4) is 0 Å². The molecule has 1 fully saturated rings. The fourth-order valence-electron chi connectivity index (χ4n) is 2.46. The summed E-state index contributed by atoms with van der Waals surface area (Å²) in [6.07, 6.45) is -0.409. The third-order valence-corrected chi connectivity index (χ3v) is 3.95. The van der Waals surface area contributed by atoms with Gasteiger partial charge in [-0.2, -0.15) is 0 Å². The van der Waals surface area contributed by atoms with Gasteiger partial charge in [-0.05, 0) is 18.2 Å². The predicted molar refractivity (Wildman–Crippen MR) is 81.5 cm³/mol. The summed E-state index contributed by atoms with van der Waals surface area (Å²) in [5.41, 5.74) is 1.04. The molecule has 0 aliphatic carbocycles. The van der Waals surface area contributed by atoms with Crippen molar-refractivity contribution < 1.29 is 9.90 Å². The first-order chi connectivity index (χ1) is 10.1. The monoisotopic (exact) mass is 305 g/mol. The molecule has 2 atom stereocenters. The van der Waals surface area contributed by atoms with Crippen LogP contribution >= 0.6 is 11.6 Å². The van der Waals surface area contributed by atoms with E-state index >= 15 is 0 Å². The third-order valence-electron chi connectivity index (χ3n) is 3.72. The lowest BCUT2D eigenvalue weighted by atomic mass is 10.1. The van der Waals surface area contributed by atoms with Gasteiger partial charge in [-0.3, -0.25) is 4.79 Å². The Bertz CT molecular complexity index is 677. The Balaban J connectivity index is 1.72. The van der Waals surface area contributed by atoms with Gasteiger partial charge in [0.05, 0.1) is 11.6 Å². The lowest BCUT2D eigenvalue weighted by Crippen LogP contribution is -2.34. The summed E-state index contributed by atoms with van der Waals surface area (Å²) < 4.78 is 0. The van der Waals surface area contributed by atoms with Crippen molar-refractivity contribution in [1.82, 2.24) is 15.6 Å². The van der Waals surface area contributed by atoms with Crippen molar-refractivity contribution in [1.29, 1.82) is 0 Å². The molecule has 0 bridgehead atoms. The van der Waals surface area contributed by atoms with E-state index in [4.69, 9.17) is 11.6 Å². The molecule has 0 radical (unpaired) electrons. The summed E-state index contributed by atoms with van der Waals surface area (Å²) in [6.45, 7) is 1.72. The van der Waals surface area contributed by atoms with Crippen LogP contribution in [0.1, 0.15) is 10.5 Å². The Labute approximate surface area is 127 Å². The van der Waals surface area contributed by atoms with Crippen molar-refractivity contribution in [2.75, 3.05) is 19.6 Å². The highest BCUT2D eigenvalue weighted by molar-refractivity contribution is 6.31. The first-order valence-corrected chi connectivity index (χ1v) is 7.24. The second kappa shape index (κ2) is 5.97. The molecule has 1 aromatic carbocycles. The van der Waals surface area contributed by atoms with Gasteiger partial charge in [0.2, 0.25) is 0 Å². The second-order valence-corrected chi connectivity index (χ2v) is 5.67. The van der Waals surface area contributed by atoms with Crippen molar-refractivity contribution in [2.45, 2.75) is 6.10 Å². The number of fused-ring (bicyclic) bond motifs is 1. The van der Waals surface area contributed by atoms with Crippen LogP contribution in [0.15, 0.2) is 30.3 Å². The molecule has 0 spiro atoms. The van der Waals surface area contributed by atoms with E-state index in [1.54, 1.807) is 18.2 Å². The number of nitrogens with one attached hydrogen (secondary N) is 2. The summed E-state index contributed by atoms with van der Waals surface area (Å²) in [4.78, 5) is 16.5. The van der Waals surface area contributed by atoms with E-state index in [1.165, 1.54) is 0 Å². The molecule has 1 amide bonds. The molecule has 6 heteroatoms. The second-order valence-electron chi connectivity index (χ2n) is 5.23. The van der Waals surface area contributed by atoms with E-state index in [2.05, 4.69) is 15.6 Å². The van der Waals surface area contributed by atoms with Gasteiger partial charge in [0.1, 0.15) is 5.69 Å². The molecule has 1 aromatic heterocycles. The Kier molecular flexibility index (Phi) is 4.05. The molecule has 3 N–H and O–H groups in total. The molecule has 2 aromatic rings. The summed E-state index contributed by atoms with van der Waals surface area (Å²) in [7, 11) is 0. The van der Waals surface area contributed by atoms with Gasteiger partial charge in [0, 0.05) is 36.0 Å². The maximum Gasteiger partial charge on any atom is 0.269 e. The number of carbonyl (C=O) groups is 1. The number of amides is 1. The molecular weight excluding hydrogens is 290 g/mol. The standard InChI is InChI=1S/C15H16ClN3O2/c16-11-3-1-9-2-4-12(19-13(9)5-11)15(21)18-7-10-6-17-8-14(10)20/h1-5,10,14,17,20H,6-8H2,(H,18,21). The average Bonchev–Trinajstić information content (AvgIpc) is 2.89. The zero-order chi connectivity index (χ0) is 14.8. The number of benzene rings is 1. The lowest BCUT2D eigenvalue weighted by Gasteiger charge is -2.14. The van der Waals surface area contributed by atoms with Crippen LogP contribution in [0, 0.1) is 5.92 Å². The van der Waals surface area contributed by atoms with Crippen molar-refractivity contribution in [3.8, 4) is 0 Å². The third kappa shape index (κ3) is 3.15. The van der Waals surface area contributed by atoms with Crippen LogP contribution in [0.2, 0.25) is 5.02 Å². The van der Waals surface area contributed by atoms with E-state index in [-0.39, 0.29) is 11.8 Å². The molecule has 1 saturated heterocycles. The zero-order valence-electron chi connectivity index (χ0n) is 11.3. The van der Waals surface area contributed by atoms with Crippen LogP contribution in [0.5, 0.6) is 0 Å². The van der Waals surface area contributed by atoms with E-state index in [0.717, 1.165) is 5.39 Å². The van der Waals surface area contributed by atoms with Crippen LogP contribution in [-0.4, -0.2) is 41.7 Å². The van der Waals surface area contributed by atoms with Gasteiger partial charge < -0.3 is 15.7 Å². The van der Waals surface area contributed by atoms with Crippen LogP contribution in [0.25, 0.3) is 10.9 Å². The SMILES string of the molecule is O=C(NCC1CNCC1O)c1ccc2ccc(Cl)cc2n1. The molecule has 1 aliphatic heterocycles. The number of hydrogen-bond acceptors (Lipinski definition) is 4. The quantitative estimate of drug-likeness (QED) is 0.796. The highest BCUT2D eigenvalue weighted by atomic mass is 35.5. The minimum Gasteiger partial charge on any atom is -0.391 e.